The number of amides is 1. The maximum absolute atomic E-state index is 12.3. The molecule has 3 rings (SSSR count). The number of hydrogen-bond acceptors (Lipinski definition) is 2. The Bertz CT molecular complexity index is 526. The van der Waals surface area contributed by atoms with Crippen molar-refractivity contribution in [3.05, 3.63) is 34.9 Å². The van der Waals surface area contributed by atoms with Crippen LogP contribution in [0.1, 0.15) is 56.2 Å². The molecule has 0 spiro atoms. The average molecular weight is 272 g/mol. The predicted octanol–water partition coefficient (Wildman–Crippen LogP) is 2.45. The molecule has 1 aromatic carbocycles. The fraction of sp³-hybridized carbons (Fsp3) is 0.588. The van der Waals surface area contributed by atoms with Gasteiger partial charge in [-0.05, 0) is 34.9 Å². The van der Waals surface area contributed by atoms with E-state index in [0.29, 0.717) is 6.04 Å². The van der Waals surface area contributed by atoms with Crippen LogP contribution in [0.4, 0.5) is 0 Å². The SMILES string of the molecule is CC(C)(C)c1ccc2c(c1)CNCC2C(=O)NC1CC1. The van der Waals surface area contributed by atoms with Crippen LogP contribution in [0.5, 0.6) is 0 Å². The van der Waals surface area contributed by atoms with Gasteiger partial charge in [-0.1, -0.05) is 39.0 Å². The minimum Gasteiger partial charge on any atom is -0.353 e. The van der Waals surface area contributed by atoms with E-state index in [1.165, 1.54) is 16.7 Å². The first-order chi connectivity index (χ1) is 9.45. The Morgan fingerprint density at radius 3 is 2.70 bits per heavy atom. The molecule has 1 aliphatic carbocycles. The lowest BCUT2D eigenvalue weighted by Crippen LogP contribution is -2.39. The van der Waals surface area contributed by atoms with Crippen LogP contribution in [-0.2, 0) is 16.8 Å². The first-order valence-electron chi connectivity index (χ1n) is 7.59. The molecule has 2 N–H and O–H groups in total. The lowest BCUT2D eigenvalue weighted by Gasteiger charge is -2.28. The topological polar surface area (TPSA) is 41.1 Å². The van der Waals surface area contributed by atoms with Crippen molar-refractivity contribution < 1.29 is 4.79 Å². The fourth-order valence-electron chi connectivity index (χ4n) is 2.79. The smallest absolute Gasteiger partial charge is 0.229 e. The Labute approximate surface area is 121 Å². The lowest BCUT2D eigenvalue weighted by atomic mass is 9.82. The number of rotatable bonds is 2. The zero-order valence-electron chi connectivity index (χ0n) is 12.6. The highest BCUT2D eigenvalue weighted by Gasteiger charge is 2.31. The van der Waals surface area contributed by atoms with Gasteiger partial charge in [-0.15, -0.1) is 0 Å². The maximum atomic E-state index is 12.3. The first-order valence-corrected chi connectivity index (χ1v) is 7.59. The Morgan fingerprint density at radius 1 is 1.30 bits per heavy atom. The van der Waals surface area contributed by atoms with E-state index in [0.717, 1.165) is 25.9 Å². The third kappa shape index (κ3) is 2.73. The molecular weight excluding hydrogens is 248 g/mol. The molecule has 1 fully saturated rings. The molecule has 0 saturated heterocycles. The van der Waals surface area contributed by atoms with E-state index in [4.69, 9.17) is 0 Å². The van der Waals surface area contributed by atoms with Crippen molar-refractivity contribution in [1.82, 2.24) is 10.6 Å². The lowest BCUT2D eigenvalue weighted by molar-refractivity contribution is -0.122. The second-order valence-electron chi connectivity index (χ2n) is 7.13. The summed E-state index contributed by atoms with van der Waals surface area (Å²) in [6.45, 7) is 8.29. The van der Waals surface area contributed by atoms with Gasteiger partial charge in [0.25, 0.3) is 0 Å². The highest BCUT2D eigenvalue weighted by molar-refractivity contribution is 5.85. The van der Waals surface area contributed by atoms with Gasteiger partial charge in [-0.2, -0.15) is 0 Å². The molecule has 0 bridgehead atoms. The van der Waals surface area contributed by atoms with Crippen molar-refractivity contribution in [3.8, 4) is 0 Å². The van der Waals surface area contributed by atoms with Gasteiger partial charge >= 0.3 is 0 Å². The highest BCUT2D eigenvalue weighted by Crippen LogP contribution is 2.30. The molecular formula is C17H24N2O. The molecule has 3 nitrogen and oxygen atoms in total. The second kappa shape index (κ2) is 4.88. The summed E-state index contributed by atoms with van der Waals surface area (Å²) in [4.78, 5) is 12.3. The summed E-state index contributed by atoms with van der Waals surface area (Å²) >= 11 is 0. The maximum Gasteiger partial charge on any atom is 0.229 e. The number of hydrogen-bond donors (Lipinski definition) is 2. The van der Waals surface area contributed by atoms with Crippen LogP contribution >= 0.6 is 0 Å². The quantitative estimate of drug-likeness (QED) is 0.868. The van der Waals surface area contributed by atoms with E-state index in [1.54, 1.807) is 0 Å². The van der Waals surface area contributed by atoms with Gasteiger partial charge < -0.3 is 10.6 Å². The predicted molar refractivity (Wildman–Crippen MR) is 80.8 cm³/mol. The van der Waals surface area contributed by atoms with E-state index in [1.807, 2.05) is 0 Å². The number of carbonyl (C=O) groups is 1. The van der Waals surface area contributed by atoms with Crippen LogP contribution in [0.3, 0.4) is 0 Å². The summed E-state index contributed by atoms with van der Waals surface area (Å²) in [5.41, 5.74) is 3.97. The molecule has 1 unspecified atom stereocenters. The van der Waals surface area contributed by atoms with Gasteiger partial charge in [0.2, 0.25) is 5.91 Å². The Morgan fingerprint density at radius 2 is 2.05 bits per heavy atom. The molecule has 20 heavy (non-hydrogen) atoms. The van der Waals surface area contributed by atoms with E-state index >= 15 is 0 Å². The third-order valence-corrected chi connectivity index (χ3v) is 4.29. The van der Waals surface area contributed by atoms with Crippen molar-refractivity contribution in [1.29, 1.82) is 0 Å². The Hall–Kier alpha value is -1.35. The standard InChI is InChI=1S/C17H24N2O/c1-17(2,3)12-4-7-14-11(8-12)9-18-10-15(14)16(20)19-13-5-6-13/h4,7-8,13,15,18H,5-6,9-10H2,1-3H3,(H,19,20). The Balaban J connectivity index is 1.86. The minimum atomic E-state index is -0.0339. The molecule has 1 saturated carbocycles. The summed E-state index contributed by atoms with van der Waals surface area (Å²) in [7, 11) is 0. The van der Waals surface area contributed by atoms with Crippen LogP contribution in [-0.4, -0.2) is 18.5 Å². The van der Waals surface area contributed by atoms with Gasteiger partial charge in [-0.3, -0.25) is 4.79 Å². The average Bonchev–Trinajstić information content (AvgIpc) is 3.20. The van der Waals surface area contributed by atoms with Crippen molar-refractivity contribution in [2.45, 2.75) is 57.5 Å². The number of fused-ring (bicyclic) bond motifs is 1. The Kier molecular flexibility index (Phi) is 3.33. The molecule has 0 aromatic heterocycles. The molecule has 1 atom stereocenters. The molecule has 108 valence electrons. The van der Waals surface area contributed by atoms with Gasteiger partial charge in [0.1, 0.15) is 0 Å². The molecule has 1 aliphatic heterocycles. The molecule has 1 heterocycles. The highest BCUT2D eigenvalue weighted by atomic mass is 16.2. The third-order valence-electron chi connectivity index (χ3n) is 4.29. The summed E-state index contributed by atoms with van der Waals surface area (Å²) in [5.74, 6) is 0.151. The van der Waals surface area contributed by atoms with Gasteiger partial charge in [0.15, 0.2) is 0 Å². The monoisotopic (exact) mass is 272 g/mol. The molecule has 1 amide bonds. The molecule has 0 radical (unpaired) electrons. The van der Waals surface area contributed by atoms with Gasteiger partial charge in [0, 0.05) is 19.1 Å². The largest absolute Gasteiger partial charge is 0.353 e. The second-order valence-corrected chi connectivity index (χ2v) is 7.13. The van der Waals surface area contributed by atoms with Crippen LogP contribution in [0.25, 0.3) is 0 Å². The zero-order valence-corrected chi connectivity index (χ0v) is 12.6. The minimum absolute atomic E-state index is 0.0339. The van der Waals surface area contributed by atoms with E-state index < -0.39 is 0 Å². The van der Waals surface area contributed by atoms with Crippen molar-refractivity contribution in [2.75, 3.05) is 6.54 Å². The summed E-state index contributed by atoms with van der Waals surface area (Å²) < 4.78 is 0. The van der Waals surface area contributed by atoms with Crippen LogP contribution in [0.2, 0.25) is 0 Å². The van der Waals surface area contributed by atoms with Crippen molar-refractivity contribution in [2.24, 2.45) is 0 Å². The number of carbonyl (C=O) groups excluding carboxylic acids is 1. The molecule has 1 aromatic rings. The summed E-state index contributed by atoms with van der Waals surface area (Å²) in [6.07, 6.45) is 2.28. The van der Waals surface area contributed by atoms with Gasteiger partial charge in [0.05, 0.1) is 5.92 Å². The van der Waals surface area contributed by atoms with Crippen LogP contribution in [0, 0.1) is 0 Å². The van der Waals surface area contributed by atoms with E-state index in [2.05, 4.69) is 49.6 Å². The van der Waals surface area contributed by atoms with Gasteiger partial charge in [-0.25, -0.2) is 0 Å². The molecule has 3 heteroatoms. The summed E-state index contributed by atoms with van der Waals surface area (Å²) in [6, 6.07) is 7.04. The number of benzene rings is 1. The van der Waals surface area contributed by atoms with Crippen molar-refractivity contribution in [3.63, 3.8) is 0 Å². The van der Waals surface area contributed by atoms with E-state index in [-0.39, 0.29) is 17.2 Å². The van der Waals surface area contributed by atoms with E-state index in [9.17, 15) is 4.79 Å². The normalized spacial score (nSPS) is 22.2. The number of nitrogens with one attached hydrogen (secondary N) is 2. The molecule has 2 aliphatic rings. The first kappa shape index (κ1) is 13.6. The van der Waals surface area contributed by atoms with Crippen molar-refractivity contribution >= 4 is 5.91 Å². The van der Waals surface area contributed by atoms with Crippen LogP contribution in [0.15, 0.2) is 18.2 Å². The summed E-state index contributed by atoms with van der Waals surface area (Å²) in [5, 5.41) is 6.51. The zero-order chi connectivity index (χ0) is 14.3. The van der Waals surface area contributed by atoms with Crippen LogP contribution < -0.4 is 10.6 Å². The fourth-order valence-corrected chi connectivity index (χ4v) is 2.79.